The summed E-state index contributed by atoms with van der Waals surface area (Å²) in [6, 6.07) is 6.35. The number of methoxy groups -OCH3 is 3. The average molecular weight is 336 g/mol. The van der Waals surface area contributed by atoms with Gasteiger partial charge in [-0.05, 0) is 24.3 Å². The lowest BCUT2D eigenvalue weighted by molar-refractivity contribution is -0.138. The van der Waals surface area contributed by atoms with Gasteiger partial charge in [-0.1, -0.05) is 0 Å². The third-order valence-corrected chi connectivity index (χ3v) is 2.89. The second-order valence-corrected chi connectivity index (χ2v) is 4.52. The number of rotatable bonds is 8. The molecule has 0 unspecified atom stereocenters. The third-order valence-electron chi connectivity index (χ3n) is 2.89. The van der Waals surface area contributed by atoms with E-state index < -0.39 is 11.9 Å². The lowest BCUT2D eigenvalue weighted by Crippen LogP contribution is -2.26. The van der Waals surface area contributed by atoms with E-state index in [1.54, 1.807) is 31.4 Å². The Labute approximate surface area is 139 Å². The van der Waals surface area contributed by atoms with Crippen molar-refractivity contribution in [2.45, 2.75) is 0 Å². The normalized spacial score (nSPS) is 10.7. The number of amides is 1. The first-order chi connectivity index (χ1) is 11.5. The molecule has 0 saturated heterocycles. The number of ether oxygens (including phenoxy) is 3. The van der Waals surface area contributed by atoms with E-state index in [2.05, 4.69) is 20.1 Å². The maximum atomic E-state index is 11.9. The first-order valence-corrected chi connectivity index (χ1v) is 7.04. The molecular formula is C16H20N2O6. The minimum absolute atomic E-state index is 0.0818. The van der Waals surface area contributed by atoms with Gasteiger partial charge in [0.25, 0.3) is 5.91 Å². The second-order valence-electron chi connectivity index (χ2n) is 4.52. The molecule has 1 amide bonds. The van der Waals surface area contributed by atoms with Crippen molar-refractivity contribution in [1.82, 2.24) is 5.32 Å². The molecule has 0 bridgehead atoms. The molecule has 0 radical (unpaired) electrons. The highest BCUT2D eigenvalue weighted by Gasteiger charge is 2.13. The number of esters is 2. The van der Waals surface area contributed by atoms with Gasteiger partial charge in [-0.2, -0.15) is 0 Å². The molecule has 0 aliphatic rings. The molecule has 130 valence electrons. The van der Waals surface area contributed by atoms with Gasteiger partial charge in [0, 0.05) is 24.9 Å². The van der Waals surface area contributed by atoms with Gasteiger partial charge in [0.05, 0.1) is 26.9 Å². The van der Waals surface area contributed by atoms with E-state index >= 15 is 0 Å². The van der Waals surface area contributed by atoms with E-state index in [-0.39, 0.29) is 11.6 Å². The van der Waals surface area contributed by atoms with Crippen LogP contribution in [0, 0.1) is 0 Å². The van der Waals surface area contributed by atoms with Crippen molar-refractivity contribution < 1.29 is 28.6 Å². The predicted molar refractivity (Wildman–Crippen MR) is 86.4 cm³/mol. The van der Waals surface area contributed by atoms with Crippen LogP contribution in [0.1, 0.15) is 10.4 Å². The molecule has 8 heteroatoms. The topological polar surface area (TPSA) is 103 Å². The standard InChI is InChI=1S/C16H20N2O6/c1-22-9-8-17-15(20)11-4-6-12(7-5-11)18-13(16(21)24-3)10-14(19)23-2/h4-7,10,18H,8-9H2,1-3H3,(H,17,20)/b13-10+. The number of carbonyl (C=O) groups excluding carboxylic acids is 3. The first kappa shape index (κ1) is 19.2. The minimum atomic E-state index is -0.721. The molecule has 1 aromatic carbocycles. The SMILES string of the molecule is COCCNC(=O)c1ccc(N/C(=C/C(=O)OC)C(=O)OC)cc1. The largest absolute Gasteiger partial charge is 0.466 e. The van der Waals surface area contributed by atoms with E-state index in [1.165, 1.54) is 14.2 Å². The van der Waals surface area contributed by atoms with Crippen LogP contribution >= 0.6 is 0 Å². The third kappa shape index (κ3) is 6.09. The van der Waals surface area contributed by atoms with Gasteiger partial charge in [0.1, 0.15) is 5.70 Å². The van der Waals surface area contributed by atoms with Gasteiger partial charge in [-0.15, -0.1) is 0 Å². The maximum Gasteiger partial charge on any atom is 0.354 e. The van der Waals surface area contributed by atoms with Gasteiger partial charge in [-0.25, -0.2) is 9.59 Å². The summed E-state index contributed by atoms with van der Waals surface area (Å²) >= 11 is 0. The number of benzene rings is 1. The van der Waals surface area contributed by atoms with Crippen LogP contribution in [0.2, 0.25) is 0 Å². The lowest BCUT2D eigenvalue weighted by atomic mass is 10.2. The van der Waals surface area contributed by atoms with E-state index in [0.29, 0.717) is 24.4 Å². The monoisotopic (exact) mass is 336 g/mol. The molecule has 24 heavy (non-hydrogen) atoms. The molecule has 0 fully saturated rings. The Morgan fingerprint density at radius 1 is 1.04 bits per heavy atom. The molecule has 0 saturated carbocycles. The van der Waals surface area contributed by atoms with Crippen LogP contribution in [0.4, 0.5) is 5.69 Å². The molecule has 0 aromatic heterocycles. The van der Waals surface area contributed by atoms with Crippen molar-refractivity contribution in [2.24, 2.45) is 0 Å². The Kier molecular flexibility index (Phi) is 8.00. The predicted octanol–water partition coefficient (Wildman–Crippen LogP) is 0.705. The number of hydrogen-bond acceptors (Lipinski definition) is 7. The first-order valence-electron chi connectivity index (χ1n) is 7.04. The highest BCUT2D eigenvalue weighted by Crippen LogP contribution is 2.13. The van der Waals surface area contributed by atoms with Gasteiger partial charge in [0.15, 0.2) is 0 Å². The van der Waals surface area contributed by atoms with Gasteiger partial charge in [-0.3, -0.25) is 4.79 Å². The summed E-state index contributed by atoms with van der Waals surface area (Å²) in [7, 11) is 3.95. The number of nitrogens with one attached hydrogen (secondary N) is 2. The van der Waals surface area contributed by atoms with Crippen LogP contribution in [0.3, 0.4) is 0 Å². The molecular weight excluding hydrogens is 316 g/mol. The highest BCUT2D eigenvalue weighted by molar-refractivity contribution is 5.99. The number of carbonyl (C=O) groups is 3. The van der Waals surface area contributed by atoms with Crippen LogP contribution in [0.25, 0.3) is 0 Å². The van der Waals surface area contributed by atoms with E-state index in [1.807, 2.05) is 0 Å². The Hall–Kier alpha value is -2.87. The van der Waals surface area contributed by atoms with E-state index in [9.17, 15) is 14.4 Å². The fourth-order valence-electron chi connectivity index (χ4n) is 1.66. The van der Waals surface area contributed by atoms with Crippen molar-refractivity contribution in [2.75, 3.05) is 39.8 Å². The van der Waals surface area contributed by atoms with Gasteiger partial charge >= 0.3 is 11.9 Å². The number of anilines is 1. The molecule has 2 N–H and O–H groups in total. The van der Waals surface area contributed by atoms with Crippen molar-refractivity contribution in [3.63, 3.8) is 0 Å². The molecule has 0 atom stereocenters. The van der Waals surface area contributed by atoms with Crippen LogP contribution in [-0.4, -0.2) is 52.3 Å². The zero-order valence-corrected chi connectivity index (χ0v) is 13.8. The summed E-state index contributed by atoms with van der Waals surface area (Å²) in [6.45, 7) is 0.829. The Morgan fingerprint density at radius 2 is 1.71 bits per heavy atom. The Balaban J connectivity index is 2.80. The number of hydrogen-bond donors (Lipinski definition) is 2. The zero-order valence-electron chi connectivity index (χ0n) is 13.8. The average Bonchev–Trinajstić information content (AvgIpc) is 2.60. The van der Waals surface area contributed by atoms with Crippen molar-refractivity contribution in [3.05, 3.63) is 41.6 Å². The van der Waals surface area contributed by atoms with Crippen molar-refractivity contribution >= 4 is 23.5 Å². The Bertz CT molecular complexity index is 609. The quantitative estimate of drug-likeness (QED) is 0.409. The Morgan fingerprint density at radius 3 is 2.25 bits per heavy atom. The lowest BCUT2D eigenvalue weighted by Gasteiger charge is -2.10. The smallest absolute Gasteiger partial charge is 0.354 e. The second kappa shape index (κ2) is 10.0. The van der Waals surface area contributed by atoms with Crippen molar-refractivity contribution in [3.8, 4) is 0 Å². The summed E-state index contributed by atoms with van der Waals surface area (Å²) < 4.78 is 13.9. The van der Waals surface area contributed by atoms with Gasteiger partial charge in [0.2, 0.25) is 0 Å². The fraction of sp³-hybridized carbons (Fsp3) is 0.312. The molecule has 1 rings (SSSR count). The zero-order chi connectivity index (χ0) is 17.9. The minimum Gasteiger partial charge on any atom is -0.466 e. The molecule has 0 spiro atoms. The van der Waals surface area contributed by atoms with Gasteiger partial charge < -0.3 is 24.8 Å². The molecule has 1 aromatic rings. The highest BCUT2D eigenvalue weighted by atomic mass is 16.5. The van der Waals surface area contributed by atoms with E-state index in [0.717, 1.165) is 6.08 Å². The van der Waals surface area contributed by atoms with Crippen LogP contribution < -0.4 is 10.6 Å². The fourth-order valence-corrected chi connectivity index (χ4v) is 1.66. The van der Waals surface area contributed by atoms with Crippen LogP contribution in [0.15, 0.2) is 36.0 Å². The summed E-state index contributed by atoms with van der Waals surface area (Å²) in [5.41, 5.74) is 0.874. The van der Waals surface area contributed by atoms with Crippen LogP contribution in [-0.2, 0) is 23.8 Å². The van der Waals surface area contributed by atoms with Crippen molar-refractivity contribution in [1.29, 1.82) is 0 Å². The van der Waals surface area contributed by atoms with E-state index in [4.69, 9.17) is 4.74 Å². The molecule has 0 heterocycles. The van der Waals surface area contributed by atoms with Crippen LogP contribution in [0.5, 0.6) is 0 Å². The maximum absolute atomic E-state index is 11.9. The summed E-state index contributed by atoms with van der Waals surface area (Å²) in [5.74, 6) is -1.66. The molecule has 0 aliphatic carbocycles. The summed E-state index contributed by atoms with van der Waals surface area (Å²) in [4.78, 5) is 34.8. The summed E-state index contributed by atoms with van der Waals surface area (Å²) in [5, 5.41) is 5.44. The summed E-state index contributed by atoms with van der Waals surface area (Å²) in [6.07, 6.45) is 0.983. The molecule has 8 nitrogen and oxygen atoms in total. The molecule has 0 aliphatic heterocycles.